The molecule has 1 heterocycles. The highest BCUT2D eigenvalue weighted by Crippen LogP contribution is 2.20. The Hall–Kier alpha value is 0.440. The van der Waals surface area contributed by atoms with Gasteiger partial charge in [0.05, 0.1) is 0 Å². The maximum absolute atomic E-state index is 3.48. The largest absolute Gasteiger partial charge is 0.303 e. The van der Waals surface area contributed by atoms with Gasteiger partial charge in [-0.05, 0) is 44.7 Å². The quantitative estimate of drug-likeness (QED) is 0.500. The van der Waals surface area contributed by atoms with E-state index in [1.807, 2.05) is 0 Å². The highest BCUT2D eigenvalue weighted by atomic mass is 79.9. The van der Waals surface area contributed by atoms with E-state index in [2.05, 4.69) is 27.8 Å². The first kappa shape index (κ1) is 12.5. The number of hydrogen-bond donors (Lipinski definition) is 0. The van der Waals surface area contributed by atoms with Crippen LogP contribution in [0.15, 0.2) is 0 Å². The molecular formula is C12H24BrN. The monoisotopic (exact) mass is 261 g/mol. The molecule has 0 bridgehead atoms. The number of nitrogens with zero attached hydrogens (tertiary/aromatic N) is 1. The molecule has 0 saturated carbocycles. The summed E-state index contributed by atoms with van der Waals surface area (Å²) in [4.78, 5) is 2.66. The molecule has 84 valence electrons. The van der Waals surface area contributed by atoms with Gasteiger partial charge in [0.15, 0.2) is 0 Å². The first-order valence-electron chi connectivity index (χ1n) is 6.15. The van der Waals surface area contributed by atoms with E-state index in [1.54, 1.807) is 0 Å². The second kappa shape index (κ2) is 7.70. The lowest BCUT2D eigenvalue weighted by Crippen LogP contribution is -2.21. The van der Waals surface area contributed by atoms with E-state index in [-0.39, 0.29) is 0 Å². The molecule has 1 rings (SSSR count). The van der Waals surface area contributed by atoms with Crippen molar-refractivity contribution in [3.8, 4) is 0 Å². The van der Waals surface area contributed by atoms with Gasteiger partial charge in [-0.25, -0.2) is 0 Å². The molecule has 0 aromatic rings. The van der Waals surface area contributed by atoms with Crippen LogP contribution in [0.1, 0.15) is 45.4 Å². The number of hydrogen-bond acceptors (Lipinski definition) is 1. The summed E-state index contributed by atoms with van der Waals surface area (Å²) in [6, 6.07) is 0. The van der Waals surface area contributed by atoms with E-state index in [4.69, 9.17) is 0 Å². The minimum absolute atomic E-state index is 1.01. The summed E-state index contributed by atoms with van der Waals surface area (Å²) in [5.74, 6) is 1.01. The number of likely N-dealkylation sites (tertiary alicyclic amines) is 1. The molecule has 0 amide bonds. The molecule has 1 nitrogen and oxygen atoms in total. The van der Waals surface area contributed by atoms with Crippen LogP contribution in [-0.4, -0.2) is 29.9 Å². The average molecular weight is 262 g/mol. The van der Waals surface area contributed by atoms with Crippen molar-refractivity contribution in [2.24, 2.45) is 5.92 Å². The lowest BCUT2D eigenvalue weighted by Gasteiger charge is -2.15. The summed E-state index contributed by atoms with van der Waals surface area (Å²) in [7, 11) is 0. The van der Waals surface area contributed by atoms with Crippen molar-refractivity contribution in [2.45, 2.75) is 45.4 Å². The molecule has 1 unspecified atom stereocenters. The third kappa shape index (κ3) is 4.79. The third-order valence-corrected chi connectivity index (χ3v) is 3.74. The van der Waals surface area contributed by atoms with Gasteiger partial charge in [0.2, 0.25) is 0 Å². The molecule has 0 N–H and O–H groups in total. The number of halogens is 1. The standard InChI is InChI=1S/C12H24BrN/c1-2-6-12-7-10-14(11-12)9-5-3-4-8-13/h12H,2-11H2,1H3. The predicted octanol–water partition coefficient (Wildman–Crippen LogP) is 3.67. The van der Waals surface area contributed by atoms with E-state index in [0.717, 1.165) is 5.92 Å². The number of unbranched alkanes of at least 4 members (excludes halogenated alkanes) is 2. The van der Waals surface area contributed by atoms with Gasteiger partial charge < -0.3 is 4.90 Å². The first-order chi connectivity index (χ1) is 6.86. The van der Waals surface area contributed by atoms with Gasteiger partial charge in [-0.1, -0.05) is 35.7 Å². The van der Waals surface area contributed by atoms with E-state index >= 15 is 0 Å². The molecule has 1 saturated heterocycles. The third-order valence-electron chi connectivity index (χ3n) is 3.17. The lowest BCUT2D eigenvalue weighted by molar-refractivity contribution is 0.312. The normalized spacial score (nSPS) is 23.1. The van der Waals surface area contributed by atoms with Crippen molar-refractivity contribution in [1.29, 1.82) is 0 Å². The maximum Gasteiger partial charge on any atom is 0.00313 e. The molecule has 1 atom stereocenters. The predicted molar refractivity (Wildman–Crippen MR) is 67.1 cm³/mol. The average Bonchev–Trinajstić information content (AvgIpc) is 2.61. The minimum atomic E-state index is 1.01. The molecule has 14 heavy (non-hydrogen) atoms. The summed E-state index contributed by atoms with van der Waals surface area (Å²) < 4.78 is 0. The molecule has 1 fully saturated rings. The van der Waals surface area contributed by atoms with Gasteiger partial charge in [-0.15, -0.1) is 0 Å². The zero-order valence-corrected chi connectivity index (χ0v) is 11.1. The Kier molecular flexibility index (Phi) is 6.88. The van der Waals surface area contributed by atoms with E-state index < -0.39 is 0 Å². The van der Waals surface area contributed by atoms with Crippen molar-refractivity contribution in [3.63, 3.8) is 0 Å². The highest BCUT2D eigenvalue weighted by molar-refractivity contribution is 9.09. The Morgan fingerprint density at radius 3 is 2.86 bits per heavy atom. The van der Waals surface area contributed by atoms with Crippen LogP contribution in [-0.2, 0) is 0 Å². The fourth-order valence-electron chi connectivity index (χ4n) is 2.37. The van der Waals surface area contributed by atoms with Gasteiger partial charge in [-0.3, -0.25) is 0 Å². The molecule has 0 aromatic heterocycles. The van der Waals surface area contributed by atoms with E-state index in [1.165, 1.54) is 63.5 Å². The topological polar surface area (TPSA) is 3.24 Å². The molecule has 1 aliphatic heterocycles. The molecule has 0 aromatic carbocycles. The SMILES string of the molecule is CCCC1CCN(CCCCCBr)C1. The smallest absolute Gasteiger partial charge is 0.00313 e. The van der Waals surface area contributed by atoms with Crippen LogP contribution in [0.4, 0.5) is 0 Å². The Morgan fingerprint density at radius 2 is 2.14 bits per heavy atom. The number of rotatable bonds is 7. The lowest BCUT2D eigenvalue weighted by atomic mass is 10.0. The first-order valence-corrected chi connectivity index (χ1v) is 7.27. The molecule has 0 radical (unpaired) electrons. The van der Waals surface area contributed by atoms with Gasteiger partial charge in [-0.2, -0.15) is 0 Å². The van der Waals surface area contributed by atoms with Crippen LogP contribution < -0.4 is 0 Å². The minimum Gasteiger partial charge on any atom is -0.303 e. The van der Waals surface area contributed by atoms with Crippen LogP contribution in [0, 0.1) is 5.92 Å². The fraction of sp³-hybridized carbons (Fsp3) is 1.00. The van der Waals surface area contributed by atoms with Crippen molar-refractivity contribution >= 4 is 15.9 Å². The molecule has 0 spiro atoms. The summed E-state index contributed by atoms with van der Waals surface area (Å²) >= 11 is 3.48. The fourth-order valence-corrected chi connectivity index (χ4v) is 2.76. The van der Waals surface area contributed by atoms with Crippen LogP contribution in [0.25, 0.3) is 0 Å². The van der Waals surface area contributed by atoms with Gasteiger partial charge >= 0.3 is 0 Å². The van der Waals surface area contributed by atoms with Crippen LogP contribution in [0.3, 0.4) is 0 Å². The van der Waals surface area contributed by atoms with E-state index in [0.29, 0.717) is 0 Å². The van der Waals surface area contributed by atoms with Crippen LogP contribution >= 0.6 is 15.9 Å². The second-order valence-corrected chi connectivity index (χ2v) is 5.29. The summed E-state index contributed by atoms with van der Waals surface area (Å²) in [5.41, 5.74) is 0. The van der Waals surface area contributed by atoms with Crippen molar-refractivity contribution in [3.05, 3.63) is 0 Å². The Morgan fingerprint density at radius 1 is 1.29 bits per heavy atom. The Bertz CT molecular complexity index is 138. The summed E-state index contributed by atoms with van der Waals surface area (Å²) in [5, 5.41) is 1.17. The molecule has 2 heteroatoms. The van der Waals surface area contributed by atoms with E-state index in [9.17, 15) is 0 Å². The molecule has 0 aliphatic carbocycles. The van der Waals surface area contributed by atoms with Crippen LogP contribution in [0.5, 0.6) is 0 Å². The Balaban J connectivity index is 1.98. The summed E-state index contributed by atoms with van der Waals surface area (Å²) in [6.07, 6.45) is 8.38. The van der Waals surface area contributed by atoms with Crippen LogP contribution in [0.2, 0.25) is 0 Å². The molecule has 1 aliphatic rings. The van der Waals surface area contributed by atoms with Crippen molar-refractivity contribution in [2.75, 3.05) is 25.0 Å². The maximum atomic E-state index is 3.48. The summed E-state index contributed by atoms with van der Waals surface area (Å²) in [6.45, 7) is 6.38. The molecular weight excluding hydrogens is 238 g/mol. The van der Waals surface area contributed by atoms with Gasteiger partial charge in [0.25, 0.3) is 0 Å². The highest BCUT2D eigenvalue weighted by Gasteiger charge is 2.20. The zero-order valence-electron chi connectivity index (χ0n) is 9.47. The zero-order chi connectivity index (χ0) is 10.2. The second-order valence-electron chi connectivity index (χ2n) is 4.49. The van der Waals surface area contributed by atoms with Gasteiger partial charge in [0.1, 0.15) is 0 Å². The van der Waals surface area contributed by atoms with Crippen molar-refractivity contribution < 1.29 is 0 Å². The number of alkyl halides is 1. The van der Waals surface area contributed by atoms with Crippen molar-refractivity contribution in [1.82, 2.24) is 4.90 Å². The van der Waals surface area contributed by atoms with Gasteiger partial charge in [0, 0.05) is 11.9 Å². The Labute approximate surface area is 97.4 Å².